The maximum Gasteiger partial charge on any atom is 0.303 e. The van der Waals surface area contributed by atoms with Crippen LogP contribution >= 0.6 is 11.8 Å². The third kappa shape index (κ3) is 2.99. The molecule has 2 nitrogen and oxygen atoms in total. The number of thioether (sulfide) groups is 1. The Kier molecular flexibility index (Phi) is 2.49. The highest BCUT2D eigenvalue weighted by atomic mass is 32.3. The molecular weight excluding hydrogens is 187 g/mol. The van der Waals surface area contributed by atoms with Gasteiger partial charge in [0.2, 0.25) is 0 Å². The third-order valence-electron chi connectivity index (χ3n) is 1.78. The molecule has 0 N–H and O–H groups in total. The first-order valence-corrected chi connectivity index (χ1v) is 6.01. The standard InChI is InChI=1S/C6H11FO2S2/c1-6(3-2-4-10-6)5-11(7,8)9/h2-5H2,1H3. The molecular formula is C6H11FO2S2. The van der Waals surface area contributed by atoms with Gasteiger partial charge < -0.3 is 0 Å². The minimum atomic E-state index is -4.29. The van der Waals surface area contributed by atoms with Gasteiger partial charge in [-0.3, -0.25) is 0 Å². The summed E-state index contributed by atoms with van der Waals surface area (Å²) in [5.41, 5.74) is 0. The van der Waals surface area contributed by atoms with E-state index in [1.807, 2.05) is 6.92 Å². The number of hydrogen-bond donors (Lipinski definition) is 0. The number of rotatable bonds is 2. The molecule has 5 heteroatoms. The monoisotopic (exact) mass is 198 g/mol. The minimum Gasteiger partial charge on any atom is -0.195 e. The lowest BCUT2D eigenvalue weighted by atomic mass is 10.1. The maximum absolute atomic E-state index is 12.2. The Morgan fingerprint density at radius 2 is 2.27 bits per heavy atom. The summed E-state index contributed by atoms with van der Waals surface area (Å²) < 4.78 is 32.5. The Balaban J connectivity index is 2.60. The van der Waals surface area contributed by atoms with Crippen LogP contribution in [0.4, 0.5) is 3.89 Å². The predicted octanol–water partition coefficient (Wildman–Crippen LogP) is 1.57. The van der Waals surface area contributed by atoms with Gasteiger partial charge in [-0.05, 0) is 25.5 Å². The first-order valence-electron chi connectivity index (χ1n) is 3.48. The van der Waals surface area contributed by atoms with Gasteiger partial charge in [0.05, 0.1) is 5.75 Å². The summed E-state index contributed by atoms with van der Waals surface area (Å²) in [6, 6.07) is 0. The Bertz CT molecular complexity index is 229. The summed E-state index contributed by atoms with van der Waals surface area (Å²) in [5, 5.41) is 0. The average molecular weight is 198 g/mol. The lowest BCUT2D eigenvalue weighted by Crippen LogP contribution is -2.25. The van der Waals surface area contributed by atoms with Crippen molar-refractivity contribution in [2.45, 2.75) is 24.5 Å². The molecule has 0 radical (unpaired) electrons. The summed E-state index contributed by atoms with van der Waals surface area (Å²) in [4.78, 5) is 0. The Morgan fingerprint density at radius 3 is 2.64 bits per heavy atom. The molecule has 0 aromatic carbocycles. The van der Waals surface area contributed by atoms with Crippen molar-refractivity contribution in [1.82, 2.24) is 0 Å². The molecule has 1 fully saturated rings. The largest absolute Gasteiger partial charge is 0.303 e. The van der Waals surface area contributed by atoms with Gasteiger partial charge in [0.25, 0.3) is 0 Å². The van der Waals surface area contributed by atoms with Crippen LogP contribution in [0.15, 0.2) is 0 Å². The molecule has 66 valence electrons. The van der Waals surface area contributed by atoms with Gasteiger partial charge >= 0.3 is 10.2 Å². The molecule has 1 unspecified atom stereocenters. The summed E-state index contributed by atoms with van der Waals surface area (Å²) in [6.45, 7) is 1.81. The smallest absolute Gasteiger partial charge is 0.195 e. The molecule has 0 bridgehead atoms. The third-order valence-corrected chi connectivity index (χ3v) is 4.48. The highest BCUT2D eigenvalue weighted by molar-refractivity contribution is 8.01. The fourth-order valence-corrected chi connectivity index (χ4v) is 4.01. The van der Waals surface area contributed by atoms with Crippen LogP contribution in [0, 0.1) is 0 Å². The van der Waals surface area contributed by atoms with Crippen molar-refractivity contribution >= 4 is 22.0 Å². The van der Waals surface area contributed by atoms with Crippen molar-refractivity contribution in [2.75, 3.05) is 11.5 Å². The Hall–Kier alpha value is 0.230. The zero-order valence-electron chi connectivity index (χ0n) is 6.34. The van der Waals surface area contributed by atoms with Crippen LogP contribution in [-0.4, -0.2) is 24.7 Å². The van der Waals surface area contributed by atoms with Gasteiger partial charge in [-0.2, -0.15) is 20.2 Å². The summed E-state index contributed by atoms with van der Waals surface area (Å²) in [5.74, 6) is 0.622. The second kappa shape index (κ2) is 2.94. The van der Waals surface area contributed by atoms with E-state index in [0.717, 1.165) is 18.6 Å². The van der Waals surface area contributed by atoms with E-state index >= 15 is 0 Å². The fourth-order valence-electron chi connectivity index (χ4n) is 1.32. The van der Waals surface area contributed by atoms with Crippen molar-refractivity contribution in [3.05, 3.63) is 0 Å². The van der Waals surface area contributed by atoms with E-state index in [9.17, 15) is 12.3 Å². The molecule has 1 heterocycles. The molecule has 1 aliphatic heterocycles. The van der Waals surface area contributed by atoms with Gasteiger partial charge in [0.1, 0.15) is 0 Å². The first kappa shape index (κ1) is 9.32. The van der Waals surface area contributed by atoms with E-state index in [1.165, 1.54) is 0 Å². The normalized spacial score (nSPS) is 32.5. The summed E-state index contributed by atoms with van der Waals surface area (Å²) >= 11 is 1.55. The van der Waals surface area contributed by atoms with Crippen LogP contribution in [0.5, 0.6) is 0 Å². The highest BCUT2D eigenvalue weighted by Gasteiger charge is 2.34. The van der Waals surface area contributed by atoms with Crippen molar-refractivity contribution in [3.63, 3.8) is 0 Å². The molecule has 1 atom stereocenters. The van der Waals surface area contributed by atoms with Gasteiger partial charge in [-0.25, -0.2) is 0 Å². The topological polar surface area (TPSA) is 34.1 Å². The first-order chi connectivity index (χ1) is 4.91. The highest BCUT2D eigenvalue weighted by Crippen LogP contribution is 2.38. The minimum absolute atomic E-state index is 0.329. The molecule has 0 saturated carbocycles. The van der Waals surface area contributed by atoms with Gasteiger partial charge in [0, 0.05) is 4.75 Å². The molecule has 0 aromatic rings. The second-order valence-corrected chi connectivity index (χ2v) is 6.13. The number of hydrogen-bond acceptors (Lipinski definition) is 3. The summed E-state index contributed by atoms with van der Waals surface area (Å²) in [6.07, 6.45) is 1.80. The average Bonchev–Trinajstić information content (AvgIpc) is 2.09. The van der Waals surface area contributed by atoms with Gasteiger partial charge in [-0.1, -0.05) is 0 Å². The maximum atomic E-state index is 12.2. The molecule has 0 spiro atoms. The SMILES string of the molecule is CC1(CS(=O)(=O)F)CCCS1. The molecule has 11 heavy (non-hydrogen) atoms. The van der Waals surface area contributed by atoms with Crippen molar-refractivity contribution < 1.29 is 12.3 Å². The van der Waals surface area contributed by atoms with Crippen LogP contribution in [-0.2, 0) is 10.2 Å². The Labute approximate surface area is 70.8 Å². The van der Waals surface area contributed by atoms with E-state index in [1.54, 1.807) is 11.8 Å². The van der Waals surface area contributed by atoms with Crippen LogP contribution in [0.25, 0.3) is 0 Å². The lowest BCUT2D eigenvalue weighted by Gasteiger charge is -2.18. The van der Waals surface area contributed by atoms with Crippen molar-refractivity contribution in [3.8, 4) is 0 Å². The van der Waals surface area contributed by atoms with Crippen molar-refractivity contribution in [1.29, 1.82) is 0 Å². The molecule has 0 amide bonds. The number of halogens is 1. The van der Waals surface area contributed by atoms with E-state index in [2.05, 4.69) is 0 Å². The van der Waals surface area contributed by atoms with E-state index < -0.39 is 10.2 Å². The molecule has 1 rings (SSSR count). The second-order valence-electron chi connectivity index (χ2n) is 3.09. The van der Waals surface area contributed by atoms with E-state index in [4.69, 9.17) is 0 Å². The molecule has 1 saturated heterocycles. The Morgan fingerprint density at radius 1 is 1.64 bits per heavy atom. The van der Waals surface area contributed by atoms with E-state index in [-0.39, 0.29) is 10.5 Å². The fraction of sp³-hybridized carbons (Fsp3) is 1.00. The van der Waals surface area contributed by atoms with Gasteiger partial charge in [-0.15, -0.1) is 3.89 Å². The van der Waals surface area contributed by atoms with Crippen LogP contribution < -0.4 is 0 Å². The molecule has 0 aliphatic carbocycles. The van der Waals surface area contributed by atoms with Gasteiger partial charge in [0.15, 0.2) is 0 Å². The summed E-state index contributed by atoms with van der Waals surface area (Å²) in [7, 11) is -4.29. The predicted molar refractivity (Wildman–Crippen MR) is 45.0 cm³/mol. The molecule has 1 aliphatic rings. The molecule has 0 aromatic heterocycles. The van der Waals surface area contributed by atoms with Crippen LogP contribution in [0.2, 0.25) is 0 Å². The quantitative estimate of drug-likeness (QED) is 0.632. The zero-order valence-corrected chi connectivity index (χ0v) is 7.97. The zero-order chi connectivity index (χ0) is 8.54. The van der Waals surface area contributed by atoms with Crippen molar-refractivity contribution in [2.24, 2.45) is 0 Å². The van der Waals surface area contributed by atoms with Crippen LogP contribution in [0.1, 0.15) is 19.8 Å². The van der Waals surface area contributed by atoms with Crippen LogP contribution in [0.3, 0.4) is 0 Å². The van der Waals surface area contributed by atoms with E-state index in [0.29, 0.717) is 0 Å². The lowest BCUT2D eigenvalue weighted by molar-refractivity contribution is 0.536.